The molecule has 0 saturated carbocycles. The van der Waals surface area contributed by atoms with E-state index in [1.807, 2.05) is 50.6 Å². The van der Waals surface area contributed by atoms with E-state index in [9.17, 15) is 4.89 Å². The summed E-state index contributed by atoms with van der Waals surface area (Å²) in [4.78, 5) is 10.4. The van der Waals surface area contributed by atoms with Crippen molar-refractivity contribution < 1.29 is 9.42 Å². The Morgan fingerprint density at radius 3 is 2.00 bits per heavy atom. The van der Waals surface area contributed by atoms with Crippen molar-refractivity contribution in [1.29, 1.82) is 0 Å². The molecule has 17 heavy (non-hydrogen) atoms. The summed E-state index contributed by atoms with van der Waals surface area (Å²) in [6, 6.07) is 9.45. The van der Waals surface area contributed by atoms with Crippen LogP contribution in [-0.2, 0) is 0 Å². The van der Waals surface area contributed by atoms with Crippen LogP contribution in [0.2, 0.25) is 0 Å². The van der Waals surface area contributed by atoms with Gasteiger partial charge >= 0.3 is 108 Å². The Kier molecular flexibility index (Phi) is 5.21. The fourth-order valence-electron chi connectivity index (χ4n) is 1.92. The summed E-state index contributed by atoms with van der Waals surface area (Å²) in [6.07, 6.45) is 0. The molecule has 0 heterocycles. The first kappa shape index (κ1) is 14.7. The van der Waals surface area contributed by atoms with Crippen molar-refractivity contribution in [3.8, 4) is 5.75 Å². The SMILES string of the molecule is CC(C)N(C(C)C)[PH](O)(Cl)Oc1ccccc1. The Morgan fingerprint density at radius 2 is 1.59 bits per heavy atom. The molecule has 0 radical (unpaired) electrons. The third-order valence-corrected chi connectivity index (χ3v) is 5.40. The van der Waals surface area contributed by atoms with Crippen LogP contribution >= 0.6 is 18.5 Å². The first-order chi connectivity index (χ1) is 7.84. The molecule has 0 saturated heterocycles. The van der Waals surface area contributed by atoms with Crippen molar-refractivity contribution in [2.24, 2.45) is 0 Å². The molecule has 0 atom stereocenters. The average molecular weight is 278 g/mol. The first-order valence-electron chi connectivity index (χ1n) is 5.78. The molecule has 1 aromatic carbocycles. The summed E-state index contributed by atoms with van der Waals surface area (Å²) < 4.78 is 7.41. The van der Waals surface area contributed by atoms with Crippen molar-refractivity contribution in [3.63, 3.8) is 0 Å². The third kappa shape index (κ3) is 4.11. The predicted molar refractivity (Wildman–Crippen MR) is 75.6 cm³/mol. The maximum absolute atomic E-state index is 10.4. The van der Waals surface area contributed by atoms with Crippen molar-refractivity contribution in [2.45, 2.75) is 39.8 Å². The van der Waals surface area contributed by atoms with Gasteiger partial charge in [-0.3, -0.25) is 0 Å². The summed E-state index contributed by atoms with van der Waals surface area (Å²) in [6.45, 7) is 7.98. The zero-order chi connectivity index (χ0) is 13.1. The minimum atomic E-state index is -3.39. The molecular weight excluding hydrogens is 257 g/mol. The van der Waals surface area contributed by atoms with Gasteiger partial charge in [0.25, 0.3) is 0 Å². The Bertz CT molecular complexity index is 336. The second-order valence-electron chi connectivity index (χ2n) is 4.54. The molecule has 0 fully saturated rings. The zero-order valence-corrected chi connectivity index (χ0v) is 12.5. The van der Waals surface area contributed by atoms with E-state index in [1.54, 1.807) is 12.1 Å². The molecule has 98 valence electrons. The molecular formula is C12H21ClNO2P. The fraction of sp³-hybridized carbons (Fsp3) is 0.500. The molecule has 5 heteroatoms. The van der Waals surface area contributed by atoms with Crippen LogP contribution in [0.3, 0.4) is 0 Å². The van der Waals surface area contributed by atoms with Crippen molar-refractivity contribution in [1.82, 2.24) is 4.67 Å². The van der Waals surface area contributed by atoms with Crippen molar-refractivity contribution in [3.05, 3.63) is 30.3 Å². The van der Waals surface area contributed by atoms with Gasteiger partial charge in [-0.1, -0.05) is 0 Å². The van der Waals surface area contributed by atoms with E-state index in [0.717, 1.165) is 0 Å². The Balaban J connectivity index is 2.86. The van der Waals surface area contributed by atoms with E-state index in [-0.39, 0.29) is 12.1 Å². The quantitative estimate of drug-likeness (QED) is 0.831. The second-order valence-corrected chi connectivity index (χ2v) is 7.79. The second kappa shape index (κ2) is 6.01. The van der Waals surface area contributed by atoms with Crippen LogP contribution in [0.15, 0.2) is 30.3 Å². The van der Waals surface area contributed by atoms with E-state index in [2.05, 4.69) is 0 Å². The van der Waals surface area contributed by atoms with Gasteiger partial charge in [-0.15, -0.1) is 0 Å². The van der Waals surface area contributed by atoms with Crippen LogP contribution in [0.25, 0.3) is 0 Å². The number of nitrogens with zero attached hydrogens (tertiary/aromatic N) is 1. The number of hydrogen-bond acceptors (Lipinski definition) is 3. The molecule has 0 aromatic heterocycles. The molecule has 0 aliphatic heterocycles. The standard InChI is InChI=1S/C12H21ClNO2P/c1-10(2)14(11(3)4)17(13,15)16-12-8-6-5-7-9-12/h5-11,15,17H,1-4H3. The van der Waals surface area contributed by atoms with Crippen molar-refractivity contribution >= 4 is 18.5 Å². The molecule has 0 aliphatic carbocycles. The van der Waals surface area contributed by atoms with Gasteiger partial charge in [0.15, 0.2) is 0 Å². The molecule has 1 N–H and O–H groups in total. The van der Waals surface area contributed by atoms with Crippen LogP contribution in [0.1, 0.15) is 27.7 Å². The predicted octanol–water partition coefficient (Wildman–Crippen LogP) is 3.83. The molecule has 3 nitrogen and oxygen atoms in total. The van der Waals surface area contributed by atoms with E-state index in [1.165, 1.54) is 0 Å². The maximum atomic E-state index is 10.4. The molecule has 0 amide bonds. The van der Waals surface area contributed by atoms with E-state index >= 15 is 0 Å². The van der Waals surface area contributed by atoms with Gasteiger partial charge in [0.2, 0.25) is 0 Å². The zero-order valence-electron chi connectivity index (χ0n) is 10.7. The molecule has 1 rings (SSSR count). The third-order valence-electron chi connectivity index (χ3n) is 2.42. The average Bonchev–Trinajstić information content (AvgIpc) is 2.15. The minimum absolute atomic E-state index is 0.132. The Hall–Kier alpha value is -0.340. The first-order valence-corrected chi connectivity index (χ1v) is 8.60. The molecule has 0 aliphatic rings. The Morgan fingerprint density at radius 1 is 1.12 bits per heavy atom. The molecule has 0 bridgehead atoms. The Labute approximate surface area is 109 Å². The summed E-state index contributed by atoms with van der Waals surface area (Å²) in [5.41, 5.74) is 0. The number of rotatable bonds is 5. The van der Waals surface area contributed by atoms with Gasteiger partial charge in [-0.2, -0.15) is 0 Å². The summed E-state index contributed by atoms with van der Waals surface area (Å²) in [5, 5.41) is 0. The topological polar surface area (TPSA) is 32.7 Å². The van der Waals surface area contributed by atoms with Gasteiger partial charge in [-0.05, 0) is 0 Å². The monoisotopic (exact) mass is 277 g/mol. The summed E-state index contributed by atoms with van der Waals surface area (Å²) in [7, 11) is -3.39. The van der Waals surface area contributed by atoms with E-state index in [4.69, 9.17) is 15.8 Å². The van der Waals surface area contributed by atoms with Gasteiger partial charge in [0, 0.05) is 0 Å². The number of benzene rings is 1. The van der Waals surface area contributed by atoms with Crippen molar-refractivity contribution in [2.75, 3.05) is 0 Å². The summed E-state index contributed by atoms with van der Waals surface area (Å²) >= 11 is 6.22. The van der Waals surface area contributed by atoms with Gasteiger partial charge in [0.05, 0.1) is 0 Å². The fourth-order valence-corrected chi connectivity index (χ4v) is 5.18. The van der Waals surface area contributed by atoms with Crippen LogP contribution < -0.4 is 4.52 Å². The number of hydrogen-bond donors (Lipinski definition) is 1. The van der Waals surface area contributed by atoms with Crippen LogP contribution in [0, 0.1) is 0 Å². The van der Waals surface area contributed by atoms with E-state index < -0.39 is 7.22 Å². The van der Waals surface area contributed by atoms with E-state index in [0.29, 0.717) is 5.75 Å². The van der Waals surface area contributed by atoms with Crippen LogP contribution in [0.4, 0.5) is 0 Å². The number of para-hydroxylation sites is 1. The summed E-state index contributed by atoms with van der Waals surface area (Å²) in [5.74, 6) is 0.600. The molecule has 1 aromatic rings. The number of halogens is 1. The molecule has 0 unspecified atom stereocenters. The van der Waals surface area contributed by atoms with Crippen LogP contribution in [-0.4, -0.2) is 21.6 Å². The van der Waals surface area contributed by atoms with Gasteiger partial charge in [-0.25, -0.2) is 0 Å². The van der Waals surface area contributed by atoms with Crippen LogP contribution in [0.5, 0.6) is 5.75 Å². The molecule has 0 spiro atoms. The van der Waals surface area contributed by atoms with Gasteiger partial charge in [0.1, 0.15) is 0 Å². The van der Waals surface area contributed by atoms with Gasteiger partial charge < -0.3 is 0 Å². The normalized spacial score (nSPS) is 13.5.